The molecule has 0 bridgehead atoms. The largest absolute Gasteiger partial charge is 0.497 e. The van der Waals surface area contributed by atoms with E-state index in [1.807, 2.05) is 18.2 Å². The Kier molecular flexibility index (Phi) is 4.13. The predicted molar refractivity (Wildman–Crippen MR) is 72.2 cm³/mol. The van der Waals surface area contributed by atoms with Gasteiger partial charge in [-0.3, -0.25) is 4.98 Å². The SMILES string of the molecule is CCOC(=O)c1ccc(OC)cc1-c1ccncc1. The van der Waals surface area contributed by atoms with Crippen molar-refractivity contribution in [2.24, 2.45) is 0 Å². The minimum absolute atomic E-state index is 0.336. The van der Waals surface area contributed by atoms with Gasteiger partial charge in [0.15, 0.2) is 0 Å². The molecule has 1 heterocycles. The van der Waals surface area contributed by atoms with Crippen molar-refractivity contribution >= 4 is 5.97 Å². The smallest absolute Gasteiger partial charge is 0.338 e. The lowest BCUT2D eigenvalue weighted by Crippen LogP contribution is -2.06. The second-order valence-electron chi connectivity index (χ2n) is 3.87. The average molecular weight is 257 g/mol. The fraction of sp³-hybridized carbons (Fsp3) is 0.200. The summed E-state index contributed by atoms with van der Waals surface area (Å²) in [5.74, 6) is 0.358. The van der Waals surface area contributed by atoms with Gasteiger partial charge in [0, 0.05) is 12.4 Å². The second kappa shape index (κ2) is 6.00. The van der Waals surface area contributed by atoms with Crippen LogP contribution >= 0.6 is 0 Å². The van der Waals surface area contributed by atoms with Crippen LogP contribution in [-0.2, 0) is 4.74 Å². The van der Waals surface area contributed by atoms with Crippen LogP contribution in [0.15, 0.2) is 42.7 Å². The molecule has 2 aromatic rings. The van der Waals surface area contributed by atoms with E-state index in [1.165, 1.54) is 0 Å². The zero-order valence-corrected chi connectivity index (χ0v) is 10.9. The summed E-state index contributed by atoms with van der Waals surface area (Å²) >= 11 is 0. The number of rotatable bonds is 4. The maximum Gasteiger partial charge on any atom is 0.338 e. The van der Waals surface area contributed by atoms with Crippen LogP contribution in [0.1, 0.15) is 17.3 Å². The molecule has 0 aliphatic rings. The number of esters is 1. The summed E-state index contributed by atoms with van der Waals surface area (Å²) in [6, 6.07) is 8.97. The van der Waals surface area contributed by atoms with Crippen molar-refractivity contribution < 1.29 is 14.3 Å². The topological polar surface area (TPSA) is 48.4 Å². The molecule has 0 aliphatic carbocycles. The highest BCUT2D eigenvalue weighted by atomic mass is 16.5. The first-order valence-corrected chi connectivity index (χ1v) is 6.01. The van der Waals surface area contributed by atoms with Gasteiger partial charge in [-0.05, 0) is 48.4 Å². The van der Waals surface area contributed by atoms with Crippen LogP contribution in [0.3, 0.4) is 0 Å². The van der Waals surface area contributed by atoms with Gasteiger partial charge in [0.2, 0.25) is 0 Å². The summed E-state index contributed by atoms with van der Waals surface area (Å²) in [4.78, 5) is 15.9. The summed E-state index contributed by atoms with van der Waals surface area (Å²) < 4.78 is 10.3. The van der Waals surface area contributed by atoms with Crippen LogP contribution in [-0.4, -0.2) is 24.7 Å². The summed E-state index contributed by atoms with van der Waals surface area (Å²) in [5.41, 5.74) is 2.20. The van der Waals surface area contributed by atoms with E-state index in [2.05, 4.69) is 4.98 Å². The highest BCUT2D eigenvalue weighted by Crippen LogP contribution is 2.28. The number of carbonyl (C=O) groups is 1. The number of pyridine rings is 1. The lowest BCUT2D eigenvalue weighted by atomic mass is 10.0. The zero-order valence-electron chi connectivity index (χ0n) is 10.9. The van der Waals surface area contributed by atoms with E-state index in [1.54, 1.807) is 38.6 Å². The molecule has 0 N–H and O–H groups in total. The number of aromatic nitrogens is 1. The molecule has 0 saturated heterocycles. The Bertz CT molecular complexity index is 567. The third-order valence-electron chi connectivity index (χ3n) is 2.71. The molecule has 0 aliphatic heterocycles. The predicted octanol–water partition coefficient (Wildman–Crippen LogP) is 2.93. The van der Waals surface area contributed by atoms with E-state index in [4.69, 9.17) is 9.47 Å². The second-order valence-corrected chi connectivity index (χ2v) is 3.87. The van der Waals surface area contributed by atoms with Gasteiger partial charge in [0.25, 0.3) is 0 Å². The number of hydrogen-bond acceptors (Lipinski definition) is 4. The van der Waals surface area contributed by atoms with Gasteiger partial charge in [-0.25, -0.2) is 4.79 Å². The first-order chi connectivity index (χ1) is 9.26. The number of hydrogen-bond donors (Lipinski definition) is 0. The van der Waals surface area contributed by atoms with Crippen LogP contribution < -0.4 is 4.74 Å². The molecule has 0 unspecified atom stereocenters. The highest BCUT2D eigenvalue weighted by Gasteiger charge is 2.14. The molecule has 0 amide bonds. The molecule has 0 atom stereocenters. The van der Waals surface area contributed by atoms with Crippen LogP contribution in [0.2, 0.25) is 0 Å². The van der Waals surface area contributed by atoms with Gasteiger partial charge in [0.05, 0.1) is 19.3 Å². The summed E-state index contributed by atoms with van der Waals surface area (Å²) in [6.45, 7) is 2.13. The van der Waals surface area contributed by atoms with E-state index in [0.29, 0.717) is 17.9 Å². The minimum Gasteiger partial charge on any atom is -0.497 e. The molecule has 19 heavy (non-hydrogen) atoms. The fourth-order valence-corrected chi connectivity index (χ4v) is 1.81. The first-order valence-electron chi connectivity index (χ1n) is 6.01. The third kappa shape index (κ3) is 2.91. The van der Waals surface area contributed by atoms with E-state index >= 15 is 0 Å². The molecule has 0 saturated carbocycles. The van der Waals surface area contributed by atoms with Crippen molar-refractivity contribution in [3.8, 4) is 16.9 Å². The summed E-state index contributed by atoms with van der Waals surface area (Å²) in [6.07, 6.45) is 3.37. The maximum absolute atomic E-state index is 12.0. The van der Waals surface area contributed by atoms with Crippen molar-refractivity contribution in [1.82, 2.24) is 4.98 Å². The Morgan fingerprint density at radius 3 is 2.58 bits per heavy atom. The maximum atomic E-state index is 12.0. The Morgan fingerprint density at radius 2 is 1.95 bits per heavy atom. The number of ether oxygens (including phenoxy) is 2. The summed E-state index contributed by atoms with van der Waals surface area (Å²) in [5, 5.41) is 0. The number of benzene rings is 1. The van der Waals surface area contributed by atoms with Gasteiger partial charge in [-0.2, -0.15) is 0 Å². The third-order valence-corrected chi connectivity index (χ3v) is 2.71. The van der Waals surface area contributed by atoms with E-state index in [-0.39, 0.29) is 5.97 Å². The van der Waals surface area contributed by atoms with E-state index < -0.39 is 0 Å². The highest BCUT2D eigenvalue weighted by molar-refractivity contribution is 5.97. The van der Waals surface area contributed by atoms with Gasteiger partial charge >= 0.3 is 5.97 Å². The van der Waals surface area contributed by atoms with Crippen LogP contribution in [0, 0.1) is 0 Å². The molecular formula is C15H15NO3. The molecule has 4 heteroatoms. The molecule has 0 radical (unpaired) electrons. The zero-order chi connectivity index (χ0) is 13.7. The van der Waals surface area contributed by atoms with E-state index in [9.17, 15) is 4.79 Å². The van der Waals surface area contributed by atoms with Crippen molar-refractivity contribution in [2.75, 3.05) is 13.7 Å². The lowest BCUT2D eigenvalue weighted by Gasteiger charge is -2.10. The molecular weight excluding hydrogens is 242 g/mol. The first kappa shape index (κ1) is 13.1. The molecule has 0 fully saturated rings. The van der Waals surface area contributed by atoms with Crippen molar-refractivity contribution in [2.45, 2.75) is 6.92 Å². The number of carbonyl (C=O) groups excluding carboxylic acids is 1. The molecule has 0 spiro atoms. The Hall–Kier alpha value is -2.36. The molecule has 2 rings (SSSR count). The summed E-state index contributed by atoms with van der Waals surface area (Å²) in [7, 11) is 1.59. The van der Waals surface area contributed by atoms with Gasteiger partial charge < -0.3 is 9.47 Å². The molecule has 1 aromatic heterocycles. The minimum atomic E-state index is -0.336. The van der Waals surface area contributed by atoms with Crippen LogP contribution in [0.25, 0.3) is 11.1 Å². The van der Waals surface area contributed by atoms with Gasteiger partial charge in [-0.1, -0.05) is 0 Å². The van der Waals surface area contributed by atoms with Crippen molar-refractivity contribution in [1.29, 1.82) is 0 Å². The van der Waals surface area contributed by atoms with Gasteiger partial charge in [-0.15, -0.1) is 0 Å². The van der Waals surface area contributed by atoms with Crippen LogP contribution in [0.5, 0.6) is 5.75 Å². The fourth-order valence-electron chi connectivity index (χ4n) is 1.81. The monoisotopic (exact) mass is 257 g/mol. The quantitative estimate of drug-likeness (QED) is 0.790. The van der Waals surface area contributed by atoms with Crippen molar-refractivity contribution in [3.05, 3.63) is 48.3 Å². The average Bonchev–Trinajstić information content (AvgIpc) is 2.47. The number of methoxy groups -OCH3 is 1. The Morgan fingerprint density at radius 1 is 1.21 bits per heavy atom. The number of nitrogens with zero attached hydrogens (tertiary/aromatic N) is 1. The normalized spacial score (nSPS) is 10.0. The lowest BCUT2D eigenvalue weighted by molar-refractivity contribution is 0.0527. The Labute approximate surface area is 112 Å². The molecule has 4 nitrogen and oxygen atoms in total. The Balaban J connectivity index is 2.52. The van der Waals surface area contributed by atoms with E-state index in [0.717, 1.165) is 11.1 Å². The van der Waals surface area contributed by atoms with Crippen LogP contribution in [0.4, 0.5) is 0 Å². The van der Waals surface area contributed by atoms with Gasteiger partial charge in [0.1, 0.15) is 5.75 Å². The van der Waals surface area contributed by atoms with Crippen molar-refractivity contribution in [3.63, 3.8) is 0 Å². The molecule has 98 valence electrons. The standard InChI is InChI=1S/C15H15NO3/c1-3-19-15(17)13-5-4-12(18-2)10-14(13)11-6-8-16-9-7-11/h4-10H,3H2,1-2H3. The molecule has 1 aromatic carbocycles.